The van der Waals surface area contributed by atoms with Gasteiger partial charge in [-0.1, -0.05) is 19.1 Å². The number of carbonyl (C=O) groups excluding carboxylic acids is 1. The minimum absolute atomic E-state index is 0.231. The van der Waals surface area contributed by atoms with Crippen LogP contribution in [0.2, 0.25) is 0 Å². The highest BCUT2D eigenvalue weighted by Crippen LogP contribution is 2.10. The largest absolute Gasteiger partial charge is 0.394 e. The number of hydrogen-bond acceptors (Lipinski definition) is 6. The Kier molecular flexibility index (Phi) is 7.60. The molecular formula is C16H25NO6. The van der Waals surface area contributed by atoms with E-state index in [1.54, 1.807) is 12.1 Å². The van der Waals surface area contributed by atoms with Crippen LogP contribution >= 0.6 is 0 Å². The Morgan fingerprint density at radius 3 is 2.04 bits per heavy atom. The number of rotatable bonds is 8. The second-order valence-corrected chi connectivity index (χ2v) is 5.53. The van der Waals surface area contributed by atoms with Crippen molar-refractivity contribution < 1.29 is 30.3 Å². The van der Waals surface area contributed by atoms with Gasteiger partial charge in [0.05, 0.1) is 6.61 Å². The molecule has 1 aromatic carbocycles. The van der Waals surface area contributed by atoms with Crippen molar-refractivity contribution in [3.63, 3.8) is 0 Å². The molecule has 1 amide bonds. The molecule has 0 aliphatic carbocycles. The maximum atomic E-state index is 12.2. The van der Waals surface area contributed by atoms with E-state index in [0.29, 0.717) is 5.56 Å². The van der Waals surface area contributed by atoms with Crippen molar-refractivity contribution in [2.75, 3.05) is 20.2 Å². The molecule has 1 rings (SSSR count). The zero-order valence-electron chi connectivity index (χ0n) is 13.3. The predicted octanol–water partition coefficient (Wildman–Crippen LogP) is -1.24. The number of nitrogens with zero attached hydrogens (tertiary/aromatic N) is 1. The van der Waals surface area contributed by atoms with Gasteiger partial charge in [-0.25, -0.2) is 0 Å². The van der Waals surface area contributed by atoms with Crippen LogP contribution in [0.1, 0.15) is 22.8 Å². The lowest BCUT2D eigenvalue weighted by Crippen LogP contribution is -2.49. The quantitative estimate of drug-likeness (QED) is 0.407. The molecule has 0 fully saturated rings. The smallest absolute Gasteiger partial charge is 0.253 e. The van der Waals surface area contributed by atoms with E-state index >= 15 is 0 Å². The molecule has 4 atom stereocenters. The molecule has 23 heavy (non-hydrogen) atoms. The Morgan fingerprint density at radius 2 is 1.57 bits per heavy atom. The van der Waals surface area contributed by atoms with Crippen molar-refractivity contribution in [1.29, 1.82) is 0 Å². The van der Waals surface area contributed by atoms with Crippen molar-refractivity contribution in [1.82, 2.24) is 4.90 Å². The third-order valence-electron chi connectivity index (χ3n) is 3.74. The first-order chi connectivity index (χ1) is 10.8. The fourth-order valence-corrected chi connectivity index (χ4v) is 2.14. The van der Waals surface area contributed by atoms with Gasteiger partial charge in [-0.3, -0.25) is 4.79 Å². The van der Waals surface area contributed by atoms with Crippen LogP contribution in [0, 0.1) is 0 Å². The molecular weight excluding hydrogens is 302 g/mol. The van der Waals surface area contributed by atoms with Crippen LogP contribution < -0.4 is 0 Å². The van der Waals surface area contributed by atoms with Crippen molar-refractivity contribution >= 4 is 5.91 Å². The Bertz CT molecular complexity index is 492. The van der Waals surface area contributed by atoms with Gasteiger partial charge in [0.1, 0.15) is 24.4 Å². The van der Waals surface area contributed by atoms with Gasteiger partial charge in [-0.05, 0) is 24.1 Å². The molecule has 5 N–H and O–H groups in total. The van der Waals surface area contributed by atoms with Crippen LogP contribution in [0.5, 0.6) is 0 Å². The number of hydrogen-bond donors (Lipinski definition) is 5. The summed E-state index contributed by atoms with van der Waals surface area (Å²) in [6.45, 7) is 1.03. The second-order valence-electron chi connectivity index (χ2n) is 5.53. The third kappa shape index (κ3) is 5.26. The summed E-state index contributed by atoms with van der Waals surface area (Å²) in [6.07, 6.45) is -5.56. The van der Waals surface area contributed by atoms with Gasteiger partial charge >= 0.3 is 0 Å². The summed E-state index contributed by atoms with van der Waals surface area (Å²) in [6, 6.07) is 7.05. The van der Waals surface area contributed by atoms with E-state index in [1.165, 1.54) is 11.9 Å². The van der Waals surface area contributed by atoms with Crippen LogP contribution in [0.3, 0.4) is 0 Å². The molecule has 0 aromatic heterocycles. The fraction of sp³-hybridized carbons (Fsp3) is 0.562. The number of benzene rings is 1. The molecule has 0 aliphatic heterocycles. The van der Waals surface area contributed by atoms with Gasteiger partial charge in [-0.15, -0.1) is 0 Å². The number of likely N-dealkylation sites (N-methyl/N-ethyl adjacent to an activating group) is 1. The summed E-state index contributed by atoms with van der Waals surface area (Å²) < 4.78 is 0. The molecule has 130 valence electrons. The van der Waals surface area contributed by atoms with Gasteiger partial charge in [-0.2, -0.15) is 0 Å². The highest BCUT2D eigenvalue weighted by atomic mass is 16.4. The van der Waals surface area contributed by atoms with Crippen LogP contribution in [-0.2, 0) is 6.42 Å². The summed E-state index contributed by atoms with van der Waals surface area (Å²) >= 11 is 0. The molecule has 0 heterocycles. The van der Waals surface area contributed by atoms with Gasteiger partial charge < -0.3 is 30.4 Å². The van der Waals surface area contributed by atoms with E-state index in [2.05, 4.69) is 0 Å². The van der Waals surface area contributed by atoms with Crippen LogP contribution in [0.25, 0.3) is 0 Å². The average Bonchev–Trinajstić information content (AvgIpc) is 2.58. The summed E-state index contributed by atoms with van der Waals surface area (Å²) in [5.41, 5.74) is 1.54. The van der Waals surface area contributed by atoms with E-state index in [4.69, 9.17) is 5.11 Å². The van der Waals surface area contributed by atoms with Crippen LogP contribution in [-0.4, -0.2) is 81.0 Å². The first-order valence-corrected chi connectivity index (χ1v) is 7.49. The molecule has 0 spiro atoms. The minimum Gasteiger partial charge on any atom is -0.394 e. The van der Waals surface area contributed by atoms with Crippen LogP contribution in [0.15, 0.2) is 24.3 Å². The Hall–Kier alpha value is -1.51. The van der Waals surface area contributed by atoms with E-state index < -0.39 is 31.0 Å². The number of aliphatic hydroxyl groups is 5. The highest BCUT2D eigenvalue weighted by molar-refractivity contribution is 5.94. The monoisotopic (exact) mass is 327 g/mol. The van der Waals surface area contributed by atoms with E-state index in [1.807, 2.05) is 19.1 Å². The average molecular weight is 327 g/mol. The van der Waals surface area contributed by atoms with Gasteiger partial charge in [0.15, 0.2) is 0 Å². The summed E-state index contributed by atoms with van der Waals surface area (Å²) in [4.78, 5) is 13.5. The number of aliphatic hydroxyl groups excluding tert-OH is 5. The summed E-state index contributed by atoms with van der Waals surface area (Å²) in [5, 5.41) is 47.2. The zero-order valence-corrected chi connectivity index (χ0v) is 13.3. The van der Waals surface area contributed by atoms with Crippen molar-refractivity contribution in [2.24, 2.45) is 0 Å². The SMILES string of the molecule is CCc1ccc(C(=O)N(C)CC(O)C(O)C(O)C(O)CO)cc1. The fourth-order valence-electron chi connectivity index (χ4n) is 2.14. The molecule has 0 radical (unpaired) electrons. The zero-order chi connectivity index (χ0) is 17.6. The standard InChI is InChI=1S/C16H25NO6/c1-3-10-4-6-11(7-5-10)16(23)17(2)8-12(19)14(21)15(22)13(20)9-18/h4-7,12-15,18-22H,3,8-9H2,1-2H3. The first-order valence-electron chi connectivity index (χ1n) is 7.49. The van der Waals surface area contributed by atoms with Crippen molar-refractivity contribution in [3.05, 3.63) is 35.4 Å². The maximum absolute atomic E-state index is 12.2. The predicted molar refractivity (Wildman–Crippen MR) is 83.9 cm³/mol. The lowest BCUT2D eigenvalue weighted by atomic mass is 10.0. The van der Waals surface area contributed by atoms with Gasteiger partial charge in [0, 0.05) is 19.2 Å². The molecule has 7 heteroatoms. The lowest BCUT2D eigenvalue weighted by Gasteiger charge is -2.28. The molecule has 0 bridgehead atoms. The molecule has 0 aliphatic rings. The Morgan fingerprint density at radius 1 is 1.04 bits per heavy atom. The highest BCUT2D eigenvalue weighted by Gasteiger charge is 2.31. The first kappa shape index (κ1) is 19.5. The number of aryl methyl sites for hydroxylation is 1. The number of amides is 1. The van der Waals surface area contributed by atoms with E-state index in [-0.39, 0.29) is 12.5 Å². The van der Waals surface area contributed by atoms with E-state index in [0.717, 1.165) is 12.0 Å². The van der Waals surface area contributed by atoms with Crippen LogP contribution in [0.4, 0.5) is 0 Å². The Labute approximate surface area is 135 Å². The molecule has 7 nitrogen and oxygen atoms in total. The van der Waals surface area contributed by atoms with Crippen molar-refractivity contribution in [3.8, 4) is 0 Å². The number of carbonyl (C=O) groups is 1. The maximum Gasteiger partial charge on any atom is 0.253 e. The third-order valence-corrected chi connectivity index (χ3v) is 3.74. The topological polar surface area (TPSA) is 121 Å². The molecule has 4 unspecified atom stereocenters. The van der Waals surface area contributed by atoms with E-state index in [9.17, 15) is 25.2 Å². The van der Waals surface area contributed by atoms with Gasteiger partial charge in [0.2, 0.25) is 0 Å². The second kappa shape index (κ2) is 8.95. The Balaban J connectivity index is 2.66. The molecule has 1 aromatic rings. The summed E-state index contributed by atoms with van der Waals surface area (Å²) in [5.74, 6) is -0.337. The normalized spacial score (nSPS) is 16.5. The minimum atomic E-state index is -1.71. The lowest BCUT2D eigenvalue weighted by molar-refractivity contribution is -0.117. The van der Waals surface area contributed by atoms with Crippen molar-refractivity contribution in [2.45, 2.75) is 37.8 Å². The molecule has 0 saturated heterocycles. The molecule has 0 saturated carbocycles. The van der Waals surface area contributed by atoms with Gasteiger partial charge in [0.25, 0.3) is 5.91 Å². The summed E-state index contributed by atoms with van der Waals surface area (Å²) in [7, 11) is 1.46.